The lowest BCUT2D eigenvalue weighted by atomic mass is 9.90. The summed E-state index contributed by atoms with van der Waals surface area (Å²) in [6, 6.07) is 3.58. The van der Waals surface area contributed by atoms with E-state index < -0.39 is 15.7 Å². The van der Waals surface area contributed by atoms with Crippen molar-refractivity contribution in [2.45, 2.75) is 25.2 Å². The van der Waals surface area contributed by atoms with Gasteiger partial charge in [0.05, 0.1) is 5.75 Å². The fourth-order valence-corrected chi connectivity index (χ4v) is 3.54. The Balaban J connectivity index is 1.96. The molecule has 0 N–H and O–H groups in total. The molecule has 0 bridgehead atoms. The van der Waals surface area contributed by atoms with Gasteiger partial charge in [-0.25, -0.2) is 17.2 Å². The van der Waals surface area contributed by atoms with Gasteiger partial charge in [-0.3, -0.25) is 0 Å². The van der Waals surface area contributed by atoms with Crippen LogP contribution in [-0.2, 0) is 9.84 Å². The van der Waals surface area contributed by atoms with Crippen molar-refractivity contribution < 1.29 is 17.2 Å². The van der Waals surface area contributed by atoms with Crippen molar-refractivity contribution in [2.75, 3.05) is 31.6 Å². The zero-order valence-corrected chi connectivity index (χ0v) is 13.0. The molecule has 1 saturated heterocycles. The summed E-state index contributed by atoms with van der Waals surface area (Å²) in [5, 5.41) is 0. The van der Waals surface area contributed by atoms with Gasteiger partial charge < -0.3 is 4.90 Å². The first-order chi connectivity index (χ1) is 9.85. The number of hydrogen-bond acceptors (Lipinski definition) is 3. The molecule has 0 radical (unpaired) electrons. The first kappa shape index (κ1) is 16.4. The Morgan fingerprint density at radius 3 is 2.81 bits per heavy atom. The van der Waals surface area contributed by atoms with Gasteiger partial charge in [-0.05, 0) is 62.0 Å². The van der Waals surface area contributed by atoms with Crippen molar-refractivity contribution >= 4 is 9.84 Å². The minimum atomic E-state index is -2.94. The molecule has 1 aromatic carbocycles. The van der Waals surface area contributed by atoms with E-state index in [4.69, 9.17) is 0 Å². The van der Waals surface area contributed by atoms with E-state index in [1.54, 1.807) is 0 Å². The molecule has 1 fully saturated rings. The second kappa shape index (κ2) is 6.83. The van der Waals surface area contributed by atoms with Gasteiger partial charge in [0.15, 0.2) is 0 Å². The molecule has 21 heavy (non-hydrogen) atoms. The first-order valence-electron chi connectivity index (χ1n) is 7.20. The molecule has 2 rings (SSSR count). The van der Waals surface area contributed by atoms with E-state index in [2.05, 4.69) is 4.90 Å². The Hall–Kier alpha value is -1.01. The average Bonchev–Trinajstić information content (AvgIpc) is 2.40. The van der Waals surface area contributed by atoms with Gasteiger partial charge in [0.1, 0.15) is 21.5 Å². The molecular formula is C15H21F2NO2S. The van der Waals surface area contributed by atoms with Crippen LogP contribution in [0.3, 0.4) is 0 Å². The summed E-state index contributed by atoms with van der Waals surface area (Å²) in [6.07, 6.45) is 3.56. The number of nitrogens with zero attached hydrogens (tertiary/aromatic N) is 1. The Kier molecular flexibility index (Phi) is 5.32. The normalized spacial score (nSPS) is 20.6. The van der Waals surface area contributed by atoms with Crippen LogP contribution in [0.25, 0.3) is 0 Å². The molecule has 0 unspecified atom stereocenters. The van der Waals surface area contributed by atoms with Gasteiger partial charge in [-0.1, -0.05) is 0 Å². The minimum Gasteiger partial charge on any atom is -0.303 e. The number of hydrogen-bond donors (Lipinski definition) is 0. The van der Waals surface area contributed by atoms with Crippen molar-refractivity contribution in [3.05, 3.63) is 35.4 Å². The van der Waals surface area contributed by atoms with Gasteiger partial charge >= 0.3 is 0 Å². The molecule has 0 spiro atoms. The third-order valence-electron chi connectivity index (χ3n) is 3.89. The molecule has 1 aromatic rings. The fourth-order valence-electron chi connectivity index (χ4n) is 2.89. The van der Waals surface area contributed by atoms with Crippen LogP contribution < -0.4 is 0 Å². The molecule has 1 heterocycles. The van der Waals surface area contributed by atoms with Crippen LogP contribution in [-0.4, -0.2) is 45.0 Å². The van der Waals surface area contributed by atoms with Gasteiger partial charge in [0.2, 0.25) is 0 Å². The van der Waals surface area contributed by atoms with Gasteiger partial charge in [-0.15, -0.1) is 0 Å². The SMILES string of the molecule is CS(=O)(=O)CCCN1CCC[C@H](c2cc(F)ccc2F)C1. The first-order valence-corrected chi connectivity index (χ1v) is 9.26. The molecule has 3 nitrogen and oxygen atoms in total. The maximum atomic E-state index is 13.8. The number of piperidine rings is 1. The van der Waals surface area contributed by atoms with Crippen LogP contribution in [0.2, 0.25) is 0 Å². The predicted molar refractivity (Wildman–Crippen MR) is 79.1 cm³/mol. The quantitative estimate of drug-likeness (QED) is 0.838. The number of sulfone groups is 1. The Morgan fingerprint density at radius 1 is 1.33 bits per heavy atom. The van der Waals surface area contributed by atoms with Gasteiger partial charge in [-0.2, -0.15) is 0 Å². The smallest absolute Gasteiger partial charge is 0.147 e. The third kappa shape index (κ3) is 5.04. The third-order valence-corrected chi connectivity index (χ3v) is 4.92. The molecular weight excluding hydrogens is 296 g/mol. The molecule has 0 saturated carbocycles. The highest BCUT2D eigenvalue weighted by molar-refractivity contribution is 7.90. The van der Waals surface area contributed by atoms with Crippen LogP contribution in [0, 0.1) is 11.6 Å². The monoisotopic (exact) mass is 317 g/mol. The Labute approximate surface area is 124 Å². The standard InChI is InChI=1S/C15H21F2NO2S/c1-21(19,20)9-3-8-18-7-2-4-12(11-18)14-10-13(16)5-6-15(14)17/h5-6,10,12H,2-4,7-9,11H2,1H3/t12-/m0/s1. The zero-order valence-electron chi connectivity index (χ0n) is 12.2. The highest BCUT2D eigenvalue weighted by Gasteiger charge is 2.23. The molecule has 0 amide bonds. The van der Waals surface area contributed by atoms with E-state index in [1.165, 1.54) is 18.4 Å². The summed E-state index contributed by atoms with van der Waals surface area (Å²) in [6.45, 7) is 2.22. The van der Waals surface area contributed by atoms with Crippen LogP contribution >= 0.6 is 0 Å². The highest BCUT2D eigenvalue weighted by Crippen LogP contribution is 2.29. The number of rotatable bonds is 5. The van der Waals surface area contributed by atoms with Crippen LogP contribution in [0.15, 0.2) is 18.2 Å². The Bertz CT molecular complexity index is 589. The van der Waals surface area contributed by atoms with Crippen molar-refractivity contribution in [3.63, 3.8) is 0 Å². The van der Waals surface area contributed by atoms with E-state index >= 15 is 0 Å². The van der Waals surface area contributed by atoms with Crippen molar-refractivity contribution in [1.29, 1.82) is 0 Å². The molecule has 6 heteroatoms. The molecule has 0 aromatic heterocycles. The van der Waals surface area contributed by atoms with E-state index in [9.17, 15) is 17.2 Å². The number of likely N-dealkylation sites (tertiary alicyclic amines) is 1. The summed E-state index contributed by atoms with van der Waals surface area (Å²) >= 11 is 0. The fraction of sp³-hybridized carbons (Fsp3) is 0.600. The molecule has 118 valence electrons. The van der Waals surface area contributed by atoms with Crippen molar-refractivity contribution in [3.8, 4) is 0 Å². The highest BCUT2D eigenvalue weighted by atomic mass is 32.2. The molecule has 1 aliphatic rings. The van der Waals surface area contributed by atoms with E-state index in [1.807, 2.05) is 0 Å². The van der Waals surface area contributed by atoms with Crippen LogP contribution in [0.1, 0.15) is 30.7 Å². The summed E-state index contributed by atoms with van der Waals surface area (Å²) < 4.78 is 49.4. The van der Waals surface area contributed by atoms with E-state index in [0.717, 1.165) is 25.5 Å². The minimum absolute atomic E-state index is 0.0207. The Morgan fingerprint density at radius 2 is 2.10 bits per heavy atom. The number of benzene rings is 1. The lowest BCUT2D eigenvalue weighted by Crippen LogP contribution is -2.36. The maximum Gasteiger partial charge on any atom is 0.147 e. The summed E-state index contributed by atoms with van der Waals surface area (Å²) in [7, 11) is -2.94. The summed E-state index contributed by atoms with van der Waals surface area (Å²) in [4.78, 5) is 2.14. The van der Waals surface area contributed by atoms with Crippen LogP contribution in [0.4, 0.5) is 8.78 Å². The zero-order chi connectivity index (χ0) is 15.5. The van der Waals surface area contributed by atoms with Gasteiger partial charge in [0.25, 0.3) is 0 Å². The molecule has 0 aliphatic carbocycles. The van der Waals surface area contributed by atoms with Crippen molar-refractivity contribution in [2.24, 2.45) is 0 Å². The van der Waals surface area contributed by atoms with E-state index in [-0.39, 0.29) is 17.5 Å². The lowest BCUT2D eigenvalue weighted by molar-refractivity contribution is 0.206. The molecule has 1 atom stereocenters. The van der Waals surface area contributed by atoms with Crippen LogP contribution in [0.5, 0.6) is 0 Å². The average molecular weight is 317 g/mol. The molecule has 1 aliphatic heterocycles. The maximum absolute atomic E-state index is 13.8. The van der Waals surface area contributed by atoms with Gasteiger partial charge in [0, 0.05) is 12.8 Å². The second-order valence-electron chi connectivity index (χ2n) is 5.79. The largest absolute Gasteiger partial charge is 0.303 e. The summed E-state index contributed by atoms with van der Waals surface area (Å²) in [5.41, 5.74) is 0.433. The second-order valence-corrected chi connectivity index (χ2v) is 8.05. The topological polar surface area (TPSA) is 37.4 Å². The number of halogens is 2. The summed E-state index contributed by atoms with van der Waals surface area (Å²) in [5.74, 6) is -0.629. The lowest BCUT2D eigenvalue weighted by Gasteiger charge is -2.33. The predicted octanol–water partition coefficient (Wildman–Crippen LogP) is 2.58. The van der Waals surface area contributed by atoms with E-state index in [0.29, 0.717) is 25.1 Å². The van der Waals surface area contributed by atoms with Crippen molar-refractivity contribution in [1.82, 2.24) is 4.90 Å².